The molecule has 2 aromatic heterocycles. The van der Waals surface area contributed by atoms with Crippen molar-refractivity contribution in [1.29, 1.82) is 5.26 Å². The molecule has 120 valence electrons. The Bertz CT molecular complexity index is 742. The zero-order chi connectivity index (χ0) is 15.8. The molecule has 4 heterocycles. The third-order valence-electron chi connectivity index (χ3n) is 4.83. The van der Waals surface area contributed by atoms with Gasteiger partial charge in [-0.05, 0) is 25.0 Å². The molecule has 0 amide bonds. The van der Waals surface area contributed by atoms with Gasteiger partial charge in [0, 0.05) is 32.4 Å². The van der Waals surface area contributed by atoms with Crippen LogP contribution < -0.4 is 0 Å². The van der Waals surface area contributed by atoms with Gasteiger partial charge >= 0.3 is 0 Å². The molecule has 0 unspecified atom stereocenters. The van der Waals surface area contributed by atoms with Gasteiger partial charge in [-0.1, -0.05) is 5.21 Å². The fraction of sp³-hybridized carbons (Fsp3) is 0.562. The minimum absolute atomic E-state index is 0.232. The highest BCUT2D eigenvalue weighted by Gasteiger charge is 2.36. The van der Waals surface area contributed by atoms with Gasteiger partial charge in [-0.2, -0.15) is 5.26 Å². The molecule has 0 aromatic carbocycles. The molecule has 0 N–H and O–H groups in total. The van der Waals surface area contributed by atoms with Gasteiger partial charge in [-0.25, -0.2) is 4.68 Å². The Balaban J connectivity index is 1.50. The van der Waals surface area contributed by atoms with Crippen LogP contribution in [-0.2, 0) is 24.4 Å². The Hall–Kier alpha value is -2.17. The second-order valence-electron chi connectivity index (χ2n) is 6.24. The summed E-state index contributed by atoms with van der Waals surface area (Å²) in [5.74, 6) is 0. The van der Waals surface area contributed by atoms with Crippen molar-refractivity contribution >= 4 is 0 Å². The van der Waals surface area contributed by atoms with E-state index < -0.39 is 0 Å². The van der Waals surface area contributed by atoms with E-state index in [1.54, 1.807) is 6.20 Å². The van der Waals surface area contributed by atoms with Crippen molar-refractivity contribution in [3.63, 3.8) is 0 Å². The first-order valence-electron chi connectivity index (χ1n) is 8.10. The van der Waals surface area contributed by atoms with Gasteiger partial charge in [-0.15, -0.1) is 5.10 Å². The smallest absolute Gasteiger partial charge is 0.120 e. The normalized spacial score (nSPS) is 24.0. The van der Waals surface area contributed by atoms with Crippen LogP contribution in [0.15, 0.2) is 18.5 Å². The number of rotatable bonds is 3. The standard InChI is InChI=1S/C16H20N6O/c1-2-21-9-12(5-13(21)6-17)8-20-4-3-16-15(10-20)22-14(11-23-16)7-18-19-22/h5,7,9,15-16H,2-4,8,10-11H2,1H3/t15-,16-/m0/s1. The molecule has 2 aliphatic rings. The average molecular weight is 312 g/mol. The molecule has 0 saturated carbocycles. The summed E-state index contributed by atoms with van der Waals surface area (Å²) in [7, 11) is 0. The predicted molar refractivity (Wildman–Crippen MR) is 82.4 cm³/mol. The minimum atomic E-state index is 0.232. The second-order valence-corrected chi connectivity index (χ2v) is 6.24. The fourth-order valence-corrected chi connectivity index (χ4v) is 3.66. The minimum Gasteiger partial charge on any atom is -0.370 e. The first kappa shape index (κ1) is 14.4. The Morgan fingerprint density at radius 1 is 1.48 bits per heavy atom. The number of ether oxygens (including phenoxy) is 1. The zero-order valence-electron chi connectivity index (χ0n) is 13.2. The van der Waals surface area contributed by atoms with Gasteiger partial charge in [-0.3, -0.25) is 4.90 Å². The van der Waals surface area contributed by atoms with Gasteiger partial charge < -0.3 is 9.30 Å². The number of hydrogen-bond acceptors (Lipinski definition) is 5. The quantitative estimate of drug-likeness (QED) is 0.854. The van der Waals surface area contributed by atoms with Crippen molar-refractivity contribution in [2.75, 3.05) is 13.1 Å². The molecule has 4 rings (SSSR count). The summed E-state index contributed by atoms with van der Waals surface area (Å²) in [6.07, 6.45) is 5.11. The van der Waals surface area contributed by atoms with Crippen LogP contribution in [-0.4, -0.2) is 43.7 Å². The van der Waals surface area contributed by atoms with E-state index in [0.717, 1.165) is 44.0 Å². The van der Waals surface area contributed by atoms with Crippen LogP contribution in [0.3, 0.4) is 0 Å². The summed E-state index contributed by atoms with van der Waals surface area (Å²) in [5.41, 5.74) is 2.98. The van der Waals surface area contributed by atoms with Gasteiger partial charge in [0.1, 0.15) is 11.8 Å². The van der Waals surface area contributed by atoms with E-state index in [1.807, 2.05) is 15.3 Å². The highest BCUT2D eigenvalue weighted by Crippen LogP contribution is 2.30. The molecule has 2 aliphatic heterocycles. The highest BCUT2D eigenvalue weighted by molar-refractivity contribution is 5.28. The van der Waals surface area contributed by atoms with E-state index >= 15 is 0 Å². The Morgan fingerprint density at radius 2 is 2.39 bits per heavy atom. The number of aryl methyl sites for hydroxylation is 1. The van der Waals surface area contributed by atoms with Crippen LogP contribution in [0, 0.1) is 11.3 Å². The second kappa shape index (κ2) is 5.80. The van der Waals surface area contributed by atoms with Gasteiger partial charge in [0.2, 0.25) is 0 Å². The molecule has 2 aromatic rings. The van der Waals surface area contributed by atoms with E-state index in [2.05, 4.69) is 34.4 Å². The number of aromatic nitrogens is 4. The summed E-state index contributed by atoms with van der Waals surface area (Å²) in [5, 5.41) is 17.4. The van der Waals surface area contributed by atoms with Crippen molar-refractivity contribution in [2.24, 2.45) is 0 Å². The van der Waals surface area contributed by atoms with Crippen LogP contribution in [0.5, 0.6) is 0 Å². The molecule has 0 radical (unpaired) electrons. The largest absolute Gasteiger partial charge is 0.370 e. The zero-order valence-corrected chi connectivity index (χ0v) is 13.2. The van der Waals surface area contributed by atoms with Crippen LogP contribution in [0.2, 0.25) is 0 Å². The van der Waals surface area contributed by atoms with E-state index in [4.69, 9.17) is 4.74 Å². The molecule has 7 heteroatoms. The van der Waals surface area contributed by atoms with Gasteiger partial charge in [0.05, 0.1) is 30.6 Å². The Morgan fingerprint density at radius 3 is 3.17 bits per heavy atom. The van der Waals surface area contributed by atoms with Crippen molar-refractivity contribution in [1.82, 2.24) is 24.5 Å². The summed E-state index contributed by atoms with van der Waals surface area (Å²) in [4.78, 5) is 2.41. The lowest BCUT2D eigenvalue weighted by molar-refractivity contribution is -0.0669. The summed E-state index contributed by atoms with van der Waals surface area (Å²) < 4.78 is 9.98. The maximum absolute atomic E-state index is 9.19. The summed E-state index contributed by atoms with van der Waals surface area (Å²) in [6, 6.07) is 4.49. The molecule has 0 bridgehead atoms. The van der Waals surface area contributed by atoms with Gasteiger partial charge in [0.25, 0.3) is 0 Å². The molecule has 0 aliphatic carbocycles. The van der Waals surface area contributed by atoms with E-state index in [9.17, 15) is 5.26 Å². The number of nitriles is 1. The molecule has 1 fully saturated rings. The third kappa shape index (κ3) is 2.54. The maximum Gasteiger partial charge on any atom is 0.120 e. The lowest BCUT2D eigenvalue weighted by Gasteiger charge is -2.40. The summed E-state index contributed by atoms with van der Waals surface area (Å²) in [6.45, 7) is 6.25. The van der Waals surface area contributed by atoms with Gasteiger partial charge in [0.15, 0.2) is 0 Å². The van der Waals surface area contributed by atoms with Crippen molar-refractivity contribution < 1.29 is 4.74 Å². The number of hydrogen-bond donors (Lipinski definition) is 0. The summed E-state index contributed by atoms with van der Waals surface area (Å²) >= 11 is 0. The molecular formula is C16H20N6O. The topological polar surface area (TPSA) is 71.9 Å². The molecular weight excluding hydrogens is 292 g/mol. The number of nitrogens with zero attached hydrogens (tertiary/aromatic N) is 6. The predicted octanol–water partition coefficient (Wildman–Crippen LogP) is 1.32. The number of piperidine rings is 1. The maximum atomic E-state index is 9.19. The highest BCUT2D eigenvalue weighted by atomic mass is 16.5. The first-order chi connectivity index (χ1) is 11.3. The van der Waals surface area contributed by atoms with Crippen LogP contribution in [0.1, 0.15) is 36.3 Å². The Labute approximate surface area is 135 Å². The number of fused-ring (bicyclic) bond motifs is 3. The SMILES string of the molecule is CCn1cc(CN2CC[C@@H]3OCc4cnnn4[C@H]3C2)cc1C#N. The lowest BCUT2D eigenvalue weighted by Crippen LogP contribution is -2.47. The molecule has 0 spiro atoms. The van der Waals surface area contributed by atoms with E-state index in [-0.39, 0.29) is 12.1 Å². The van der Waals surface area contributed by atoms with Crippen LogP contribution in [0.4, 0.5) is 0 Å². The van der Waals surface area contributed by atoms with E-state index in [1.165, 1.54) is 5.56 Å². The third-order valence-corrected chi connectivity index (χ3v) is 4.83. The molecule has 7 nitrogen and oxygen atoms in total. The van der Waals surface area contributed by atoms with Crippen molar-refractivity contribution in [3.8, 4) is 6.07 Å². The number of likely N-dealkylation sites (tertiary alicyclic amines) is 1. The van der Waals surface area contributed by atoms with Crippen molar-refractivity contribution in [2.45, 2.75) is 45.2 Å². The first-order valence-corrected chi connectivity index (χ1v) is 8.10. The van der Waals surface area contributed by atoms with Crippen LogP contribution in [0.25, 0.3) is 0 Å². The monoisotopic (exact) mass is 312 g/mol. The lowest BCUT2D eigenvalue weighted by atomic mass is 10.00. The fourth-order valence-electron chi connectivity index (χ4n) is 3.66. The molecule has 23 heavy (non-hydrogen) atoms. The molecule has 2 atom stereocenters. The molecule has 1 saturated heterocycles. The van der Waals surface area contributed by atoms with E-state index in [0.29, 0.717) is 6.61 Å². The average Bonchev–Trinajstić information content (AvgIpc) is 3.20. The van der Waals surface area contributed by atoms with Crippen molar-refractivity contribution in [3.05, 3.63) is 35.4 Å². The van der Waals surface area contributed by atoms with Crippen LogP contribution >= 0.6 is 0 Å². The Kier molecular flexibility index (Phi) is 3.63.